The van der Waals surface area contributed by atoms with E-state index in [1.807, 2.05) is 30.5 Å². The number of rotatable bonds is 3. The summed E-state index contributed by atoms with van der Waals surface area (Å²) in [5, 5.41) is 8.83. The first-order valence-electron chi connectivity index (χ1n) is 6.82. The highest BCUT2D eigenvalue weighted by molar-refractivity contribution is 7.19. The van der Waals surface area contributed by atoms with Crippen LogP contribution in [-0.2, 0) is 6.54 Å². The summed E-state index contributed by atoms with van der Waals surface area (Å²) in [6.45, 7) is 2.96. The number of fused-ring (bicyclic) bond motifs is 1. The minimum atomic E-state index is 0.614. The molecule has 1 heterocycles. The first kappa shape index (κ1) is 13.7. The lowest BCUT2D eigenvalue weighted by Gasteiger charge is -2.10. The number of hydrogen-bond acceptors (Lipinski definition) is 2. The quantitative estimate of drug-likeness (QED) is 0.670. The SMILES string of the molecule is CN=C(NCc1sc2ccc(Cl)cc2c1C)NC1CC1. The molecule has 5 heteroatoms. The van der Waals surface area contributed by atoms with Gasteiger partial charge in [-0.2, -0.15) is 0 Å². The second-order valence-electron chi connectivity index (χ2n) is 5.14. The standard InChI is InChI=1S/C15H18ClN3S/c1-9-12-7-10(16)3-6-13(12)20-14(9)8-18-15(17-2)19-11-4-5-11/h3,6-7,11H,4-5,8H2,1-2H3,(H2,17,18,19). The van der Waals surface area contributed by atoms with E-state index in [2.05, 4.69) is 28.6 Å². The first-order valence-corrected chi connectivity index (χ1v) is 8.01. The van der Waals surface area contributed by atoms with Crippen molar-refractivity contribution < 1.29 is 0 Å². The molecule has 20 heavy (non-hydrogen) atoms. The lowest BCUT2D eigenvalue weighted by atomic mass is 10.1. The fourth-order valence-corrected chi connectivity index (χ4v) is 3.50. The van der Waals surface area contributed by atoms with Gasteiger partial charge in [-0.1, -0.05) is 11.6 Å². The van der Waals surface area contributed by atoms with E-state index in [4.69, 9.17) is 11.6 Å². The minimum absolute atomic E-state index is 0.614. The molecule has 1 fully saturated rings. The van der Waals surface area contributed by atoms with E-state index in [-0.39, 0.29) is 0 Å². The highest BCUT2D eigenvalue weighted by Gasteiger charge is 2.22. The number of guanidine groups is 1. The third-order valence-electron chi connectivity index (χ3n) is 3.56. The maximum Gasteiger partial charge on any atom is 0.191 e. The Kier molecular flexibility index (Phi) is 3.85. The Labute approximate surface area is 128 Å². The van der Waals surface area contributed by atoms with Gasteiger partial charge in [0, 0.05) is 27.7 Å². The smallest absolute Gasteiger partial charge is 0.191 e. The van der Waals surface area contributed by atoms with E-state index in [0.717, 1.165) is 17.5 Å². The molecule has 3 rings (SSSR count). The lowest BCUT2D eigenvalue weighted by molar-refractivity contribution is 0.810. The number of benzene rings is 1. The van der Waals surface area contributed by atoms with Gasteiger partial charge >= 0.3 is 0 Å². The average molecular weight is 308 g/mol. The minimum Gasteiger partial charge on any atom is -0.354 e. The number of nitrogens with zero attached hydrogens (tertiary/aromatic N) is 1. The molecule has 1 aromatic heterocycles. The highest BCUT2D eigenvalue weighted by atomic mass is 35.5. The van der Waals surface area contributed by atoms with Gasteiger partial charge in [0.1, 0.15) is 0 Å². The van der Waals surface area contributed by atoms with Gasteiger partial charge in [0.25, 0.3) is 0 Å². The molecule has 0 aliphatic heterocycles. The van der Waals surface area contributed by atoms with E-state index >= 15 is 0 Å². The fourth-order valence-electron chi connectivity index (χ4n) is 2.19. The second kappa shape index (κ2) is 5.62. The summed E-state index contributed by atoms with van der Waals surface area (Å²) in [6.07, 6.45) is 2.50. The van der Waals surface area contributed by atoms with Crippen LogP contribution in [0.15, 0.2) is 23.2 Å². The molecule has 1 aliphatic carbocycles. The van der Waals surface area contributed by atoms with Crippen molar-refractivity contribution >= 4 is 39.0 Å². The molecule has 0 saturated heterocycles. The van der Waals surface area contributed by atoms with Gasteiger partial charge in [-0.3, -0.25) is 4.99 Å². The Bertz CT molecular complexity index is 658. The van der Waals surface area contributed by atoms with Crippen LogP contribution in [0, 0.1) is 6.92 Å². The molecule has 2 N–H and O–H groups in total. The van der Waals surface area contributed by atoms with Crippen LogP contribution in [0.25, 0.3) is 10.1 Å². The Balaban J connectivity index is 1.75. The maximum absolute atomic E-state index is 6.07. The number of nitrogens with one attached hydrogen (secondary N) is 2. The average Bonchev–Trinajstić information content (AvgIpc) is 3.21. The molecule has 1 aromatic carbocycles. The molecule has 0 unspecified atom stereocenters. The monoisotopic (exact) mass is 307 g/mol. The van der Waals surface area contributed by atoms with Gasteiger partial charge < -0.3 is 10.6 Å². The molecule has 2 aromatic rings. The summed E-state index contributed by atoms with van der Waals surface area (Å²) < 4.78 is 1.29. The van der Waals surface area contributed by atoms with E-state index in [9.17, 15) is 0 Å². The van der Waals surface area contributed by atoms with Gasteiger partial charge in [-0.15, -0.1) is 11.3 Å². The Morgan fingerprint density at radius 1 is 1.45 bits per heavy atom. The molecule has 1 aliphatic rings. The summed E-state index contributed by atoms with van der Waals surface area (Å²) in [4.78, 5) is 5.59. The van der Waals surface area contributed by atoms with Crippen LogP contribution < -0.4 is 10.6 Å². The van der Waals surface area contributed by atoms with E-state index in [0.29, 0.717) is 6.04 Å². The molecular weight excluding hydrogens is 290 g/mol. The maximum atomic E-state index is 6.07. The van der Waals surface area contributed by atoms with Crippen LogP contribution in [0.5, 0.6) is 0 Å². The number of thiophene rings is 1. The zero-order valence-corrected chi connectivity index (χ0v) is 13.2. The fraction of sp³-hybridized carbons (Fsp3) is 0.400. The Morgan fingerprint density at radius 3 is 2.95 bits per heavy atom. The van der Waals surface area contributed by atoms with Gasteiger partial charge in [-0.25, -0.2) is 0 Å². The summed E-state index contributed by atoms with van der Waals surface area (Å²) in [5.74, 6) is 0.891. The van der Waals surface area contributed by atoms with E-state index < -0.39 is 0 Å². The summed E-state index contributed by atoms with van der Waals surface area (Å²) in [7, 11) is 1.81. The normalized spacial score (nSPS) is 15.7. The topological polar surface area (TPSA) is 36.4 Å². The largest absolute Gasteiger partial charge is 0.354 e. The zero-order valence-electron chi connectivity index (χ0n) is 11.7. The molecule has 0 amide bonds. The molecule has 0 atom stereocenters. The number of hydrogen-bond donors (Lipinski definition) is 2. The molecule has 1 saturated carbocycles. The van der Waals surface area contributed by atoms with Crippen LogP contribution in [0.1, 0.15) is 23.3 Å². The summed E-state index contributed by atoms with van der Waals surface area (Å²) >= 11 is 7.89. The van der Waals surface area contributed by atoms with E-state index in [1.54, 1.807) is 0 Å². The van der Waals surface area contributed by atoms with Crippen molar-refractivity contribution in [3.05, 3.63) is 33.7 Å². The van der Waals surface area contributed by atoms with Gasteiger partial charge in [0.15, 0.2) is 5.96 Å². The first-order chi connectivity index (χ1) is 9.67. The van der Waals surface area contributed by atoms with Crippen molar-refractivity contribution in [1.29, 1.82) is 0 Å². The summed E-state index contributed by atoms with van der Waals surface area (Å²) in [6, 6.07) is 6.70. The molecule has 3 nitrogen and oxygen atoms in total. The Hall–Kier alpha value is -1.26. The molecule has 106 valence electrons. The zero-order chi connectivity index (χ0) is 14.1. The van der Waals surface area contributed by atoms with Crippen molar-refractivity contribution in [3.63, 3.8) is 0 Å². The number of aliphatic imine (C=N–C) groups is 1. The van der Waals surface area contributed by atoms with Crippen molar-refractivity contribution in [2.75, 3.05) is 7.05 Å². The van der Waals surface area contributed by atoms with Crippen LogP contribution in [0.3, 0.4) is 0 Å². The highest BCUT2D eigenvalue weighted by Crippen LogP contribution is 2.32. The number of halogens is 1. The second-order valence-corrected chi connectivity index (χ2v) is 6.71. The third-order valence-corrected chi connectivity index (χ3v) is 5.06. The van der Waals surface area contributed by atoms with Crippen LogP contribution in [0.2, 0.25) is 5.02 Å². The lowest BCUT2D eigenvalue weighted by Crippen LogP contribution is -2.37. The molecular formula is C15H18ClN3S. The molecule has 0 spiro atoms. The predicted molar refractivity (Wildman–Crippen MR) is 87.9 cm³/mol. The number of aryl methyl sites for hydroxylation is 1. The Morgan fingerprint density at radius 2 is 2.25 bits per heavy atom. The van der Waals surface area contributed by atoms with Crippen molar-refractivity contribution in [2.45, 2.75) is 32.4 Å². The van der Waals surface area contributed by atoms with Gasteiger partial charge in [-0.05, 0) is 48.9 Å². The van der Waals surface area contributed by atoms with Crippen LogP contribution in [-0.4, -0.2) is 19.0 Å². The predicted octanol–water partition coefficient (Wildman–Crippen LogP) is 3.69. The molecule has 0 radical (unpaired) electrons. The molecule has 0 bridgehead atoms. The summed E-state index contributed by atoms with van der Waals surface area (Å²) in [5.41, 5.74) is 1.31. The van der Waals surface area contributed by atoms with Crippen LogP contribution in [0.4, 0.5) is 0 Å². The van der Waals surface area contributed by atoms with E-state index in [1.165, 1.54) is 33.4 Å². The van der Waals surface area contributed by atoms with Gasteiger partial charge in [0.05, 0.1) is 6.54 Å². The van der Waals surface area contributed by atoms with Crippen molar-refractivity contribution in [2.24, 2.45) is 4.99 Å². The van der Waals surface area contributed by atoms with Crippen LogP contribution >= 0.6 is 22.9 Å². The third kappa shape index (κ3) is 2.91. The van der Waals surface area contributed by atoms with Crippen molar-refractivity contribution in [1.82, 2.24) is 10.6 Å². The van der Waals surface area contributed by atoms with Crippen molar-refractivity contribution in [3.8, 4) is 0 Å². The van der Waals surface area contributed by atoms with Gasteiger partial charge in [0.2, 0.25) is 0 Å².